The number of benzene rings is 1. The van der Waals surface area contributed by atoms with Crippen LogP contribution in [0.4, 0.5) is 0 Å². The summed E-state index contributed by atoms with van der Waals surface area (Å²) in [4.78, 5) is 26.2. The number of nitrogens with zero attached hydrogens (tertiary/aromatic N) is 4. The third-order valence-electron chi connectivity index (χ3n) is 5.48. The zero-order valence-corrected chi connectivity index (χ0v) is 15.8. The van der Waals surface area contributed by atoms with Gasteiger partial charge in [-0.1, -0.05) is 24.6 Å². The molecule has 1 amide bonds. The minimum Gasteiger partial charge on any atom is -0.484 e. The van der Waals surface area contributed by atoms with Crippen LogP contribution >= 0.6 is 0 Å². The van der Waals surface area contributed by atoms with Crippen molar-refractivity contribution in [3.63, 3.8) is 0 Å². The Morgan fingerprint density at radius 1 is 1.22 bits per heavy atom. The van der Waals surface area contributed by atoms with Crippen molar-refractivity contribution in [1.82, 2.24) is 19.8 Å². The van der Waals surface area contributed by atoms with Crippen LogP contribution < -0.4 is 4.74 Å². The van der Waals surface area contributed by atoms with Gasteiger partial charge in [-0.25, -0.2) is 9.97 Å². The number of hydrogen-bond donors (Lipinski definition) is 0. The van der Waals surface area contributed by atoms with Crippen molar-refractivity contribution in [1.29, 1.82) is 0 Å². The Labute approximate surface area is 160 Å². The molecule has 6 nitrogen and oxygen atoms in total. The number of aromatic nitrogens is 2. The van der Waals surface area contributed by atoms with Crippen LogP contribution in [0.3, 0.4) is 0 Å². The second-order valence-electron chi connectivity index (χ2n) is 7.36. The van der Waals surface area contributed by atoms with Crippen LogP contribution in [-0.4, -0.2) is 52.4 Å². The molecule has 3 heterocycles. The molecule has 0 radical (unpaired) electrons. The Morgan fingerprint density at radius 2 is 2.07 bits per heavy atom. The highest BCUT2D eigenvalue weighted by Crippen LogP contribution is 2.28. The van der Waals surface area contributed by atoms with Gasteiger partial charge in [0.2, 0.25) is 0 Å². The predicted molar refractivity (Wildman–Crippen MR) is 102 cm³/mol. The number of hydrogen-bond acceptors (Lipinski definition) is 5. The number of likely N-dealkylation sites (tertiary alicyclic amines) is 1. The minimum absolute atomic E-state index is 0.000549. The van der Waals surface area contributed by atoms with E-state index in [0.717, 1.165) is 36.5 Å². The fourth-order valence-corrected chi connectivity index (χ4v) is 3.86. The fourth-order valence-electron chi connectivity index (χ4n) is 3.86. The van der Waals surface area contributed by atoms with E-state index in [-0.39, 0.29) is 12.5 Å². The van der Waals surface area contributed by atoms with Gasteiger partial charge in [0.05, 0.1) is 11.7 Å². The van der Waals surface area contributed by atoms with Crippen molar-refractivity contribution in [2.45, 2.75) is 38.3 Å². The molecule has 2 aliphatic heterocycles. The van der Waals surface area contributed by atoms with Gasteiger partial charge in [0, 0.05) is 31.3 Å². The molecule has 0 N–H and O–H groups in total. The zero-order valence-electron chi connectivity index (χ0n) is 15.8. The van der Waals surface area contributed by atoms with Gasteiger partial charge in [-0.15, -0.1) is 0 Å². The molecule has 1 aromatic heterocycles. The van der Waals surface area contributed by atoms with Gasteiger partial charge in [0.25, 0.3) is 5.91 Å². The van der Waals surface area contributed by atoms with Crippen LogP contribution in [0.5, 0.6) is 5.75 Å². The molecule has 1 fully saturated rings. The van der Waals surface area contributed by atoms with E-state index in [1.165, 1.54) is 12.8 Å². The summed E-state index contributed by atoms with van der Waals surface area (Å²) in [6, 6.07) is 9.76. The molecule has 1 saturated heterocycles. The molecule has 0 spiro atoms. The number of fused-ring (bicyclic) bond motifs is 1. The third-order valence-corrected chi connectivity index (χ3v) is 5.48. The van der Waals surface area contributed by atoms with Gasteiger partial charge >= 0.3 is 0 Å². The highest BCUT2D eigenvalue weighted by atomic mass is 16.5. The molecule has 0 unspecified atom stereocenters. The normalized spacial score (nSPS) is 20.2. The first kappa shape index (κ1) is 17.9. The average Bonchev–Trinajstić information content (AvgIpc) is 2.72. The van der Waals surface area contributed by atoms with Crippen LogP contribution in [0.2, 0.25) is 0 Å². The number of rotatable bonds is 4. The first-order valence-corrected chi connectivity index (χ1v) is 9.71. The van der Waals surface area contributed by atoms with Gasteiger partial charge in [-0.3, -0.25) is 9.69 Å². The van der Waals surface area contributed by atoms with Crippen molar-refractivity contribution in [3.8, 4) is 5.75 Å². The quantitative estimate of drug-likeness (QED) is 0.832. The molecule has 2 aliphatic rings. The van der Waals surface area contributed by atoms with Gasteiger partial charge in [-0.05, 0) is 38.6 Å². The summed E-state index contributed by atoms with van der Waals surface area (Å²) in [7, 11) is 2.15. The lowest BCUT2D eigenvalue weighted by atomic mass is 10.0. The standard InChI is InChI=1S/C21H26N4O2/c1-24-11-6-5-9-19(24)21-22-13-16-14-25(12-10-18(16)23-21)20(26)15-27-17-7-3-2-4-8-17/h2-4,7-8,13,19H,5-6,9-12,14-15H2,1H3/t19-/m1/s1. The van der Waals surface area contributed by atoms with E-state index in [4.69, 9.17) is 9.72 Å². The number of piperidine rings is 1. The summed E-state index contributed by atoms with van der Waals surface area (Å²) in [5, 5.41) is 0. The monoisotopic (exact) mass is 366 g/mol. The molecule has 0 aliphatic carbocycles. The van der Waals surface area contributed by atoms with Gasteiger partial charge in [-0.2, -0.15) is 0 Å². The number of ether oxygens (including phenoxy) is 1. The first-order valence-electron chi connectivity index (χ1n) is 9.71. The van der Waals surface area contributed by atoms with Crippen molar-refractivity contribution in [2.75, 3.05) is 26.7 Å². The van der Waals surface area contributed by atoms with E-state index in [0.29, 0.717) is 24.9 Å². The van der Waals surface area contributed by atoms with Crippen LogP contribution in [-0.2, 0) is 17.8 Å². The van der Waals surface area contributed by atoms with Crippen LogP contribution in [0, 0.1) is 0 Å². The molecular formula is C21H26N4O2. The highest BCUT2D eigenvalue weighted by molar-refractivity contribution is 5.78. The molecule has 6 heteroatoms. The summed E-state index contributed by atoms with van der Waals surface area (Å²) >= 11 is 0. The Morgan fingerprint density at radius 3 is 2.89 bits per heavy atom. The SMILES string of the molecule is CN1CCCC[C@@H]1c1ncc2c(n1)CCN(C(=O)COc1ccccc1)C2. The maximum atomic E-state index is 12.5. The van der Waals surface area contributed by atoms with E-state index in [1.54, 1.807) is 0 Å². The van der Waals surface area contributed by atoms with Gasteiger partial charge in [0.15, 0.2) is 6.61 Å². The summed E-state index contributed by atoms with van der Waals surface area (Å²) in [5.41, 5.74) is 2.14. The zero-order chi connectivity index (χ0) is 18.6. The summed E-state index contributed by atoms with van der Waals surface area (Å²) in [5.74, 6) is 1.65. The van der Waals surface area contributed by atoms with Crippen LogP contribution in [0.1, 0.15) is 42.4 Å². The Balaban J connectivity index is 1.39. The summed E-state index contributed by atoms with van der Waals surface area (Å²) < 4.78 is 5.59. The van der Waals surface area contributed by atoms with Crippen molar-refractivity contribution in [3.05, 3.63) is 53.6 Å². The molecule has 1 atom stereocenters. The summed E-state index contributed by atoms with van der Waals surface area (Å²) in [6.45, 7) is 2.41. The Hall–Kier alpha value is -2.47. The molecule has 0 saturated carbocycles. The smallest absolute Gasteiger partial charge is 0.260 e. The number of amides is 1. The van der Waals surface area contributed by atoms with E-state index in [2.05, 4.69) is 16.9 Å². The van der Waals surface area contributed by atoms with Crippen molar-refractivity contribution < 1.29 is 9.53 Å². The number of para-hydroxylation sites is 1. The van der Waals surface area contributed by atoms with E-state index in [1.807, 2.05) is 41.4 Å². The summed E-state index contributed by atoms with van der Waals surface area (Å²) in [6.07, 6.45) is 6.30. The maximum Gasteiger partial charge on any atom is 0.260 e. The molecule has 2 aromatic rings. The van der Waals surface area contributed by atoms with E-state index >= 15 is 0 Å². The number of carbonyl (C=O) groups is 1. The van der Waals surface area contributed by atoms with Crippen molar-refractivity contribution in [2.24, 2.45) is 0 Å². The third kappa shape index (κ3) is 4.11. The molecule has 1 aromatic carbocycles. The molecular weight excluding hydrogens is 340 g/mol. The van der Waals surface area contributed by atoms with E-state index < -0.39 is 0 Å². The van der Waals surface area contributed by atoms with Gasteiger partial charge in [0.1, 0.15) is 11.6 Å². The van der Waals surface area contributed by atoms with Crippen LogP contribution in [0.15, 0.2) is 36.5 Å². The lowest BCUT2D eigenvalue weighted by Gasteiger charge is -2.32. The minimum atomic E-state index is 0.000549. The van der Waals surface area contributed by atoms with Crippen LogP contribution in [0.25, 0.3) is 0 Å². The van der Waals surface area contributed by atoms with E-state index in [9.17, 15) is 4.79 Å². The lowest BCUT2D eigenvalue weighted by molar-refractivity contribution is -0.134. The fraction of sp³-hybridized carbons (Fsp3) is 0.476. The first-order chi connectivity index (χ1) is 13.2. The molecule has 27 heavy (non-hydrogen) atoms. The second-order valence-corrected chi connectivity index (χ2v) is 7.36. The van der Waals surface area contributed by atoms with Gasteiger partial charge < -0.3 is 9.64 Å². The van der Waals surface area contributed by atoms with Crippen molar-refractivity contribution >= 4 is 5.91 Å². The lowest BCUT2D eigenvalue weighted by Crippen LogP contribution is -2.39. The Bertz CT molecular complexity index is 796. The topological polar surface area (TPSA) is 58.6 Å². The molecule has 0 bridgehead atoms. The Kier molecular flexibility index (Phi) is 5.34. The highest BCUT2D eigenvalue weighted by Gasteiger charge is 2.26. The molecule has 142 valence electrons. The number of carbonyl (C=O) groups excluding carboxylic acids is 1. The maximum absolute atomic E-state index is 12.5. The second kappa shape index (κ2) is 8.05. The largest absolute Gasteiger partial charge is 0.484 e. The predicted octanol–water partition coefficient (Wildman–Crippen LogP) is 2.60. The molecule has 4 rings (SSSR count). The average molecular weight is 366 g/mol.